The smallest absolute Gasteiger partial charge is 0.160 e. The Kier molecular flexibility index (Phi) is 10.6. The molecule has 6 heterocycles. The van der Waals surface area contributed by atoms with Gasteiger partial charge in [0.05, 0.1) is 66.9 Å². The highest BCUT2D eigenvalue weighted by atomic mass is 16.3. The minimum absolute atomic E-state index is 0.223. The number of fused-ring (bicyclic) bond motifs is 20. The second-order valence-corrected chi connectivity index (χ2v) is 26.2. The van der Waals surface area contributed by atoms with E-state index in [9.17, 15) is 10.5 Å². The first-order valence-electron chi connectivity index (χ1n) is 30.8. The van der Waals surface area contributed by atoms with Gasteiger partial charge in [-0.15, -0.1) is 0 Å². The first-order valence-corrected chi connectivity index (χ1v) is 30.8. The van der Waals surface area contributed by atoms with Crippen molar-refractivity contribution in [3.8, 4) is 46.0 Å². The predicted molar refractivity (Wildman–Crippen MR) is 371 cm³/mol. The third-order valence-electron chi connectivity index (χ3n) is 19.1. The Labute approximate surface area is 517 Å². The maximum absolute atomic E-state index is 13.1. The SMILES string of the molecule is CC(C)(C)c1ccc2c(c1)c1cc(C(C)(C)C)c3c4ccccc4oc3c1n2-c1c(C#N)c(-n2c3ccccc3c3ccccc32)c(-n2c3ccc(-c4ccccc4)cc3c3ccc4c5ccccc5oc4c32)c(-n2c3ccccc3c3ccccc32)c1C#N. The quantitative estimate of drug-likeness (QED) is 0.172. The lowest BCUT2D eigenvalue weighted by molar-refractivity contribution is 0.591. The summed E-state index contributed by atoms with van der Waals surface area (Å²) in [4.78, 5) is 0. The third-order valence-corrected chi connectivity index (χ3v) is 19.1. The van der Waals surface area contributed by atoms with Crippen LogP contribution in [0.2, 0.25) is 0 Å². The second kappa shape index (κ2) is 18.5. The van der Waals surface area contributed by atoms with E-state index in [0.29, 0.717) is 45.0 Å². The standard InChI is InChI=1S/C82H56N6O2/c1-81(2,3)49-37-41-69-59(43-49)60-44-63(82(4,5)6)72-57-29-15-21-35-71(57)90-80(72)77(60)87(69)73-61(45-83)74(85-64-30-16-10-24-50(64)51-25-11-17-31-65(51)85)78(75(62(73)46-84)86-66-32-18-12-26-52(66)53-27-13-19-33-67(53)86)88-68-40-36-48(47-22-8-7-9-23-47)42-58(68)55-38-39-56-54-28-14-20-34-70(54)89-79(56)76(55)88/h7-44H,1-6H3. The van der Waals surface area contributed by atoms with Crippen molar-refractivity contribution in [2.45, 2.75) is 52.4 Å². The molecular weight excluding hydrogens is 1100 g/mol. The van der Waals surface area contributed by atoms with Crippen molar-refractivity contribution < 1.29 is 8.83 Å². The zero-order valence-corrected chi connectivity index (χ0v) is 50.4. The van der Waals surface area contributed by atoms with E-state index in [-0.39, 0.29) is 10.8 Å². The van der Waals surface area contributed by atoms with Gasteiger partial charge in [-0.2, -0.15) is 10.5 Å². The van der Waals surface area contributed by atoms with Crippen molar-refractivity contribution in [3.05, 3.63) is 253 Å². The number of furan rings is 2. The normalized spacial score (nSPS) is 12.5. The van der Waals surface area contributed by atoms with Gasteiger partial charge >= 0.3 is 0 Å². The summed E-state index contributed by atoms with van der Waals surface area (Å²) < 4.78 is 23.8. The summed E-state index contributed by atoms with van der Waals surface area (Å²) in [6.07, 6.45) is 0. The van der Waals surface area contributed by atoms with E-state index in [2.05, 4.69) is 272 Å². The van der Waals surface area contributed by atoms with Gasteiger partial charge in [-0.3, -0.25) is 0 Å². The molecule has 0 radical (unpaired) electrons. The van der Waals surface area contributed by atoms with Crippen LogP contribution in [-0.2, 0) is 10.8 Å². The van der Waals surface area contributed by atoms with Crippen LogP contribution in [0.15, 0.2) is 239 Å². The monoisotopic (exact) mass is 1160 g/mol. The van der Waals surface area contributed by atoms with Gasteiger partial charge in [-0.05, 0) is 106 Å². The molecule has 0 aliphatic carbocycles. The van der Waals surface area contributed by atoms with Crippen LogP contribution in [0.3, 0.4) is 0 Å². The molecule has 90 heavy (non-hydrogen) atoms. The van der Waals surface area contributed by atoms with Crippen LogP contribution in [-0.4, -0.2) is 18.3 Å². The van der Waals surface area contributed by atoms with E-state index in [1.807, 2.05) is 30.3 Å². The summed E-state index contributed by atoms with van der Waals surface area (Å²) >= 11 is 0. The molecule has 0 aliphatic heterocycles. The van der Waals surface area contributed by atoms with Crippen LogP contribution < -0.4 is 0 Å². The minimum Gasteiger partial charge on any atom is -0.454 e. The van der Waals surface area contributed by atoms with Crippen molar-refractivity contribution in [1.82, 2.24) is 18.3 Å². The summed E-state index contributed by atoms with van der Waals surface area (Å²) in [5, 5.41) is 38.2. The molecule has 0 atom stereocenters. The van der Waals surface area contributed by atoms with Gasteiger partial charge in [0.15, 0.2) is 11.2 Å². The average Bonchev–Trinajstić information content (AvgIpc) is 1.48. The molecular formula is C82H56N6O2. The highest BCUT2D eigenvalue weighted by Crippen LogP contribution is 2.53. The van der Waals surface area contributed by atoms with Crippen molar-refractivity contribution in [1.29, 1.82) is 10.5 Å². The number of benzene rings is 12. The Morgan fingerprint density at radius 2 is 0.756 bits per heavy atom. The molecule has 0 aliphatic rings. The van der Waals surface area contributed by atoms with Gasteiger partial charge in [0, 0.05) is 64.6 Å². The van der Waals surface area contributed by atoms with E-state index in [1.165, 1.54) is 0 Å². The first-order chi connectivity index (χ1) is 43.9. The summed E-state index contributed by atoms with van der Waals surface area (Å²) in [5.41, 5.74) is 16.5. The van der Waals surface area contributed by atoms with Gasteiger partial charge in [0.25, 0.3) is 0 Å². The van der Waals surface area contributed by atoms with Crippen molar-refractivity contribution in [2.75, 3.05) is 0 Å². The molecule has 6 aromatic heterocycles. The molecule has 0 amide bonds. The van der Waals surface area contributed by atoms with Gasteiger partial charge < -0.3 is 27.1 Å². The molecule has 0 fully saturated rings. The lowest BCUT2D eigenvalue weighted by atomic mass is 9.82. The molecule has 0 N–H and O–H groups in total. The van der Waals surface area contributed by atoms with E-state index in [1.54, 1.807) is 0 Å². The lowest BCUT2D eigenvalue weighted by Gasteiger charge is -2.27. The van der Waals surface area contributed by atoms with E-state index < -0.39 is 0 Å². The van der Waals surface area contributed by atoms with Crippen LogP contribution in [0.25, 0.3) is 165 Å². The molecule has 0 unspecified atom stereocenters. The van der Waals surface area contributed by atoms with Crippen LogP contribution in [0.1, 0.15) is 63.8 Å². The Bertz CT molecular complexity index is 6000. The molecule has 426 valence electrons. The number of nitriles is 2. The third kappa shape index (κ3) is 6.99. The Morgan fingerprint density at radius 1 is 0.311 bits per heavy atom. The number of rotatable bonds is 5. The largest absolute Gasteiger partial charge is 0.454 e. The van der Waals surface area contributed by atoms with Gasteiger partial charge in [-0.25, -0.2) is 0 Å². The van der Waals surface area contributed by atoms with Crippen molar-refractivity contribution in [2.24, 2.45) is 0 Å². The minimum atomic E-state index is -0.324. The molecule has 0 spiro atoms. The van der Waals surface area contributed by atoms with Gasteiger partial charge in [0.2, 0.25) is 0 Å². The molecule has 0 saturated heterocycles. The molecule has 0 saturated carbocycles. The van der Waals surface area contributed by atoms with Crippen molar-refractivity contribution >= 4 is 131 Å². The maximum atomic E-state index is 13.1. The summed E-state index contributed by atoms with van der Waals surface area (Å²) in [6.45, 7) is 13.5. The zero-order chi connectivity index (χ0) is 60.6. The average molecular weight is 1160 g/mol. The molecule has 8 heteroatoms. The molecule has 8 nitrogen and oxygen atoms in total. The molecule has 12 aromatic carbocycles. The van der Waals surface area contributed by atoms with E-state index >= 15 is 0 Å². The topological polar surface area (TPSA) is 93.6 Å². The van der Waals surface area contributed by atoms with Crippen LogP contribution >= 0.6 is 0 Å². The second-order valence-electron chi connectivity index (χ2n) is 26.2. The molecule has 18 aromatic rings. The Balaban J connectivity index is 1.17. The van der Waals surface area contributed by atoms with E-state index in [0.717, 1.165) is 142 Å². The number of hydrogen-bond donors (Lipinski definition) is 0. The maximum Gasteiger partial charge on any atom is 0.160 e. The predicted octanol–water partition coefficient (Wildman–Crippen LogP) is 21.9. The van der Waals surface area contributed by atoms with Crippen LogP contribution in [0.5, 0.6) is 0 Å². The van der Waals surface area contributed by atoms with Crippen molar-refractivity contribution in [3.63, 3.8) is 0 Å². The fourth-order valence-electron chi connectivity index (χ4n) is 15.1. The van der Waals surface area contributed by atoms with Gasteiger partial charge in [-0.1, -0.05) is 199 Å². The zero-order valence-electron chi connectivity index (χ0n) is 50.4. The Morgan fingerprint density at radius 3 is 1.31 bits per heavy atom. The number of hydrogen-bond acceptors (Lipinski definition) is 4. The number of nitrogens with zero attached hydrogens (tertiary/aromatic N) is 6. The Hall–Kier alpha value is -11.6. The highest BCUT2D eigenvalue weighted by Gasteiger charge is 2.37. The van der Waals surface area contributed by atoms with E-state index in [4.69, 9.17) is 8.83 Å². The lowest BCUT2D eigenvalue weighted by Crippen LogP contribution is -2.17. The highest BCUT2D eigenvalue weighted by molar-refractivity contribution is 6.25. The fourth-order valence-corrected chi connectivity index (χ4v) is 15.1. The fraction of sp³-hybridized carbons (Fsp3) is 0.0976. The molecule has 0 bridgehead atoms. The van der Waals surface area contributed by atoms with Gasteiger partial charge in [0.1, 0.15) is 34.4 Å². The molecule has 18 rings (SSSR count). The van der Waals surface area contributed by atoms with Crippen LogP contribution in [0, 0.1) is 22.7 Å². The summed E-state index contributed by atoms with van der Waals surface area (Å²) in [5.74, 6) is 0. The first kappa shape index (κ1) is 51.6. The summed E-state index contributed by atoms with van der Waals surface area (Å²) in [6, 6.07) is 87.2. The number of aromatic nitrogens is 4. The van der Waals surface area contributed by atoms with Crippen LogP contribution in [0.4, 0.5) is 0 Å². The summed E-state index contributed by atoms with van der Waals surface area (Å²) in [7, 11) is 0. The number of para-hydroxylation sites is 6.